The Morgan fingerprint density at radius 3 is 1.87 bits per heavy atom. The van der Waals surface area contributed by atoms with Crippen LogP contribution in [0.3, 0.4) is 0 Å². The minimum atomic E-state index is -1.02. The summed E-state index contributed by atoms with van der Waals surface area (Å²) in [6.07, 6.45) is 4.07. The highest BCUT2D eigenvalue weighted by atomic mass is 16.2. The van der Waals surface area contributed by atoms with E-state index in [1.807, 2.05) is 102 Å². The van der Waals surface area contributed by atoms with E-state index < -0.39 is 64.9 Å². The van der Waals surface area contributed by atoms with Crippen LogP contribution in [0.1, 0.15) is 140 Å². The Morgan fingerprint density at radius 2 is 1.28 bits per heavy atom. The van der Waals surface area contributed by atoms with E-state index in [0.717, 1.165) is 53.5 Å². The van der Waals surface area contributed by atoms with Gasteiger partial charge in [0.2, 0.25) is 41.4 Å². The fourth-order valence-corrected chi connectivity index (χ4v) is 10.6. The van der Waals surface area contributed by atoms with Crippen LogP contribution in [0.25, 0.3) is 0 Å². The van der Waals surface area contributed by atoms with Crippen LogP contribution in [0.2, 0.25) is 0 Å². The van der Waals surface area contributed by atoms with E-state index in [4.69, 9.17) is 0 Å². The average molecular weight is 1050 g/mol. The number of carbonyl (C=O) groups is 7. The Kier molecular flexibility index (Phi) is 19.7. The molecule has 2 aliphatic heterocycles. The van der Waals surface area contributed by atoms with Crippen molar-refractivity contribution in [2.24, 2.45) is 16.7 Å². The highest BCUT2D eigenvalue weighted by molar-refractivity contribution is 5.96. The lowest BCUT2D eigenvalue weighted by Gasteiger charge is -2.42. The van der Waals surface area contributed by atoms with Gasteiger partial charge in [0.15, 0.2) is 0 Å². The van der Waals surface area contributed by atoms with Crippen LogP contribution in [0, 0.1) is 16.7 Å². The molecule has 9 atom stereocenters. The Bertz CT molecular complexity index is 2560. The van der Waals surface area contributed by atoms with E-state index >= 15 is 14.4 Å². The third-order valence-corrected chi connectivity index (χ3v) is 15.8. The summed E-state index contributed by atoms with van der Waals surface area (Å²) in [7, 11) is 5.10. The summed E-state index contributed by atoms with van der Waals surface area (Å²) in [4.78, 5) is 106. The molecule has 0 spiro atoms. The lowest BCUT2D eigenvalue weighted by Crippen LogP contribution is -2.62. The van der Waals surface area contributed by atoms with Gasteiger partial charge in [0.1, 0.15) is 30.2 Å². The molecule has 76 heavy (non-hydrogen) atoms. The number of carbonyl (C=O) groups excluding carboxylic acids is 7. The lowest BCUT2D eigenvalue weighted by atomic mass is 9.83. The van der Waals surface area contributed by atoms with Gasteiger partial charge in [0.05, 0.1) is 18.1 Å². The summed E-state index contributed by atoms with van der Waals surface area (Å²) in [6.45, 7) is 19.6. The summed E-state index contributed by atoms with van der Waals surface area (Å²) < 4.78 is 0. The van der Waals surface area contributed by atoms with Gasteiger partial charge in [-0.3, -0.25) is 33.6 Å². The third kappa shape index (κ3) is 14.5. The second-order valence-corrected chi connectivity index (χ2v) is 24.1. The maximum Gasteiger partial charge on any atom is 0.246 e. The summed E-state index contributed by atoms with van der Waals surface area (Å²) in [5, 5.41) is 18.3. The fraction of sp³-hybridized carbons (Fsp3) is 0.583. The first-order chi connectivity index (χ1) is 35.8. The molecule has 3 aliphatic rings. The number of aryl methyl sites for hydroxylation is 1. The Morgan fingerprint density at radius 1 is 0.684 bits per heavy atom. The van der Waals surface area contributed by atoms with Gasteiger partial charge in [-0.2, -0.15) is 0 Å². The van der Waals surface area contributed by atoms with Crippen molar-refractivity contribution in [2.75, 3.05) is 34.2 Å². The number of likely N-dealkylation sites (N-methyl/N-ethyl adjacent to an activating group) is 3. The zero-order chi connectivity index (χ0) is 55.8. The first-order valence-corrected chi connectivity index (χ1v) is 27.5. The highest BCUT2D eigenvalue weighted by Crippen LogP contribution is 2.38. The molecular formula is C60H87N9O7. The second-order valence-electron chi connectivity index (χ2n) is 24.1. The van der Waals surface area contributed by atoms with Crippen molar-refractivity contribution in [3.8, 4) is 0 Å². The van der Waals surface area contributed by atoms with E-state index in [-0.39, 0.29) is 73.8 Å². The van der Waals surface area contributed by atoms with E-state index in [2.05, 4.69) is 57.9 Å². The van der Waals surface area contributed by atoms with Crippen LogP contribution in [0.4, 0.5) is 0 Å². The minimum absolute atomic E-state index is 0.0695. The van der Waals surface area contributed by atoms with Gasteiger partial charge in [-0.1, -0.05) is 128 Å². The molecule has 0 unspecified atom stereocenters. The molecule has 0 aromatic heterocycles. The van der Waals surface area contributed by atoms with Gasteiger partial charge >= 0.3 is 0 Å². The first-order valence-electron chi connectivity index (χ1n) is 27.5. The number of fused-ring (bicyclic) bond motifs is 2. The van der Waals surface area contributed by atoms with Crippen LogP contribution in [-0.4, -0.2) is 133 Å². The summed E-state index contributed by atoms with van der Waals surface area (Å²) in [6, 6.07) is 17.5. The van der Waals surface area contributed by atoms with Crippen LogP contribution >= 0.6 is 0 Å². The predicted molar refractivity (Wildman–Crippen MR) is 297 cm³/mol. The van der Waals surface area contributed by atoms with Gasteiger partial charge in [0, 0.05) is 45.4 Å². The van der Waals surface area contributed by atoms with Crippen molar-refractivity contribution in [3.05, 3.63) is 106 Å². The average Bonchev–Trinajstić information content (AvgIpc) is 3.85. The molecule has 7 amide bonds. The summed E-state index contributed by atoms with van der Waals surface area (Å²) in [5.74, 6) is -2.50. The summed E-state index contributed by atoms with van der Waals surface area (Å²) in [5.41, 5.74) is 4.18. The molecule has 16 heteroatoms. The van der Waals surface area contributed by atoms with Crippen LogP contribution < -0.4 is 31.9 Å². The molecule has 3 aromatic carbocycles. The topological polar surface area (TPSA) is 201 Å². The molecule has 1 saturated heterocycles. The Balaban J connectivity index is 1.38. The third-order valence-electron chi connectivity index (χ3n) is 15.8. The molecule has 1 aliphatic carbocycles. The van der Waals surface area contributed by atoms with Crippen molar-refractivity contribution in [1.29, 1.82) is 0 Å². The molecule has 2 heterocycles. The molecule has 6 N–H and O–H groups in total. The fourth-order valence-electron chi connectivity index (χ4n) is 10.6. The van der Waals surface area contributed by atoms with E-state index in [9.17, 15) is 19.2 Å². The number of hydrogen-bond acceptors (Lipinski definition) is 9. The summed E-state index contributed by atoms with van der Waals surface area (Å²) >= 11 is 0. The first kappa shape index (κ1) is 59.1. The number of nitrogens with zero attached hydrogens (tertiary/aromatic N) is 3. The number of likely N-dealkylation sites (tertiary alicyclic amines) is 1. The van der Waals surface area contributed by atoms with Crippen molar-refractivity contribution in [1.82, 2.24) is 46.6 Å². The number of amides is 7. The largest absolute Gasteiger partial charge is 0.347 e. The number of nitrogens with one attached hydrogen (secondary N) is 6. The molecule has 0 radical (unpaired) electrons. The van der Waals surface area contributed by atoms with Gasteiger partial charge in [-0.05, 0) is 110 Å². The quantitative estimate of drug-likeness (QED) is 0.0919. The molecule has 16 nitrogen and oxygen atoms in total. The lowest BCUT2D eigenvalue weighted by molar-refractivity contribution is -0.147. The molecule has 6 rings (SSSR count). The van der Waals surface area contributed by atoms with Gasteiger partial charge in [-0.25, -0.2) is 0 Å². The maximum atomic E-state index is 15.2. The molecule has 414 valence electrons. The molecule has 0 bridgehead atoms. The van der Waals surface area contributed by atoms with Gasteiger partial charge in [0.25, 0.3) is 0 Å². The van der Waals surface area contributed by atoms with Gasteiger partial charge < -0.3 is 46.6 Å². The number of hydrogen-bond donors (Lipinski definition) is 6. The molecule has 0 saturated carbocycles. The normalized spacial score (nSPS) is 20.5. The highest BCUT2D eigenvalue weighted by Gasteiger charge is 2.47. The zero-order valence-corrected chi connectivity index (χ0v) is 47.5. The van der Waals surface area contributed by atoms with Gasteiger partial charge in [-0.15, -0.1) is 0 Å². The van der Waals surface area contributed by atoms with Crippen molar-refractivity contribution < 1.29 is 33.6 Å². The molecule has 3 aromatic rings. The number of benzene rings is 3. The standard InChI is InChI=1S/C60H87N9O7/c1-36(2)28-29-67(13)56(74)47(30-39-20-15-14-16-21-39)64-55(73)49-33-44(35-69(49)58(76)51(60(8,9)10)66-53(71)38(4)62-12)41-26-27-42-32-48(54(72)63-46-25-19-23-40-22-17-18-24-45(40)46)68(34-43(42)31-41)57(75)50(59(5,6)7)65-52(70)37(3)61-11/h14-18,20-22,24,26-27,31,36-38,44,46-51,61-62H,19,23,25,28-30,32-35H2,1-13H3,(H,63,72)(H,64,73)(H,65,70)(H,66,71)/t37-,38-,44-,46+,47-,48-,49-,50+,51+/m0/s1. The molecule has 1 fully saturated rings. The SMILES string of the molecule is CN[C@@H](C)C(=O)N[C@H](C(=O)N1C[C@@H](c2ccc3c(c2)CN(C(=O)[C@@H](NC(=O)[C@H](C)NC)C(C)(C)C)[C@H](C(=O)N[C@@H]2CCCc4ccccc42)C3)C[C@H]1C(=O)N[C@@H](Cc1ccccc1)C(=O)N(C)CCC(C)C)C(C)(C)C. The Hall–Kier alpha value is -6.13. The monoisotopic (exact) mass is 1050 g/mol. The van der Waals surface area contributed by atoms with Crippen molar-refractivity contribution >= 4 is 41.4 Å². The smallest absolute Gasteiger partial charge is 0.246 e. The van der Waals surface area contributed by atoms with Crippen molar-refractivity contribution in [3.63, 3.8) is 0 Å². The van der Waals surface area contributed by atoms with E-state index in [0.29, 0.717) is 12.5 Å². The van der Waals surface area contributed by atoms with Crippen LogP contribution in [-0.2, 0) is 59.4 Å². The maximum absolute atomic E-state index is 15.2. The van der Waals surface area contributed by atoms with E-state index in [1.165, 1.54) is 5.56 Å². The van der Waals surface area contributed by atoms with Crippen LogP contribution in [0.5, 0.6) is 0 Å². The zero-order valence-electron chi connectivity index (χ0n) is 47.5. The minimum Gasteiger partial charge on any atom is -0.347 e. The Labute approximate surface area is 452 Å². The van der Waals surface area contributed by atoms with Crippen molar-refractivity contribution in [2.45, 2.75) is 175 Å². The molecular weight excluding hydrogens is 959 g/mol. The second kappa shape index (κ2) is 25.3. The van der Waals surface area contributed by atoms with Crippen LogP contribution in [0.15, 0.2) is 72.8 Å². The number of rotatable bonds is 19. The van der Waals surface area contributed by atoms with E-state index in [1.54, 1.807) is 49.7 Å². The predicted octanol–water partition coefficient (Wildman–Crippen LogP) is 5.33.